The van der Waals surface area contributed by atoms with Crippen molar-refractivity contribution in [2.75, 3.05) is 7.11 Å². The Morgan fingerprint density at radius 2 is 2.14 bits per heavy atom. The standard InChI is InChI=1S/C11H13NO2/c1-11(13,7-8-12)9-5-3-4-6-10(9)14-2/h3-6,13H,7H2,1-2H3. The van der Waals surface area contributed by atoms with Gasteiger partial charge < -0.3 is 9.84 Å². The lowest BCUT2D eigenvalue weighted by Gasteiger charge is -2.22. The molecule has 0 aliphatic carbocycles. The number of nitrogens with zero attached hydrogens (tertiary/aromatic N) is 1. The zero-order valence-electron chi connectivity index (χ0n) is 8.32. The van der Waals surface area contributed by atoms with Gasteiger partial charge in [-0.05, 0) is 13.0 Å². The van der Waals surface area contributed by atoms with E-state index in [1.54, 1.807) is 26.2 Å². The molecule has 0 saturated heterocycles. The number of methoxy groups -OCH3 is 1. The van der Waals surface area contributed by atoms with E-state index in [-0.39, 0.29) is 6.42 Å². The molecule has 1 aromatic rings. The second-order valence-corrected chi connectivity index (χ2v) is 3.31. The normalized spacial score (nSPS) is 14.1. The second-order valence-electron chi connectivity index (χ2n) is 3.31. The summed E-state index contributed by atoms with van der Waals surface area (Å²) >= 11 is 0. The molecule has 1 atom stereocenters. The molecule has 1 rings (SSSR count). The van der Waals surface area contributed by atoms with E-state index in [2.05, 4.69) is 0 Å². The molecule has 0 amide bonds. The van der Waals surface area contributed by atoms with E-state index in [1.165, 1.54) is 0 Å². The van der Waals surface area contributed by atoms with Gasteiger partial charge in [-0.15, -0.1) is 0 Å². The molecule has 0 aromatic heterocycles. The van der Waals surface area contributed by atoms with Crippen LogP contribution in [0.1, 0.15) is 18.9 Å². The molecule has 1 N–H and O–H groups in total. The zero-order valence-corrected chi connectivity index (χ0v) is 8.32. The lowest BCUT2D eigenvalue weighted by atomic mass is 9.92. The molecule has 74 valence electrons. The van der Waals surface area contributed by atoms with Crippen molar-refractivity contribution in [2.45, 2.75) is 18.9 Å². The van der Waals surface area contributed by atoms with Gasteiger partial charge >= 0.3 is 0 Å². The van der Waals surface area contributed by atoms with Gasteiger partial charge in [-0.25, -0.2) is 0 Å². The van der Waals surface area contributed by atoms with Crippen LogP contribution in [0, 0.1) is 11.3 Å². The quantitative estimate of drug-likeness (QED) is 0.792. The smallest absolute Gasteiger partial charge is 0.124 e. The van der Waals surface area contributed by atoms with Gasteiger partial charge in [-0.3, -0.25) is 0 Å². The number of rotatable bonds is 3. The molecule has 3 heteroatoms. The monoisotopic (exact) mass is 191 g/mol. The third kappa shape index (κ3) is 2.04. The van der Waals surface area contributed by atoms with Crippen molar-refractivity contribution < 1.29 is 9.84 Å². The summed E-state index contributed by atoms with van der Waals surface area (Å²) in [6, 6.07) is 9.11. The van der Waals surface area contributed by atoms with Crippen molar-refractivity contribution in [1.29, 1.82) is 5.26 Å². The minimum Gasteiger partial charge on any atom is -0.496 e. The summed E-state index contributed by atoms with van der Waals surface area (Å²) in [7, 11) is 1.54. The number of hydrogen-bond donors (Lipinski definition) is 1. The van der Waals surface area contributed by atoms with Gasteiger partial charge in [0.2, 0.25) is 0 Å². The SMILES string of the molecule is COc1ccccc1C(C)(O)CC#N. The van der Waals surface area contributed by atoms with Crippen LogP contribution in [-0.2, 0) is 5.60 Å². The summed E-state index contributed by atoms with van der Waals surface area (Å²) in [6.07, 6.45) is 0.0490. The minimum atomic E-state index is -1.15. The molecule has 3 nitrogen and oxygen atoms in total. The third-order valence-electron chi connectivity index (χ3n) is 2.11. The van der Waals surface area contributed by atoms with Gasteiger partial charge in [0.1, 0.15) is 11.4 Å². The number of benzene rings is 1. The molecule has 0 saturated carbocycles. The van der Waals surface area contributed by atoms with Gasteiger partial charge in [0.15, 0.2) is 0 Å². The third-order valence-corrected chi connectivity index (χ3v) is 2.11. The van der Waals surface area contributed by atoms with Crippen LogP contribution in [0.3, 0.4) is 0 Å². The summed E-state index contributed by atoms with van der Waals surface area (Å²) in [5.41, 5.74) is -0.509. The average Bonchev–Trinajstić information content (AvgIpc) is 2.18. The van der Waals surface area contributed by atoms with Crippen LogP contribution in [0.4, 0.5) is 0 Å². The fourth-order valence-corrected chi connectivity index (χ4v) is 1.34. The second kappa shape index (κ2) is 4.12. The maximum absolute atomic E-state index is 10.00. The predicted octanol–water partition coefficient (Wildman–Crippen LogP) is 1.82. The first-order valence-corrected chi connectivity index (χ1v) is 4.34. The van der Waals surface area contributed by atoms with Crippen molar-refractivity contribution in [1.82, 2.24) is 0 Å². The van der Waals surface area contributed by atoms with Crippen LogP contribution in [0.15, 0.2) is 24.3 Å². The van der Waals surface area contributed by atoms with E-state index in [0.29, 0.717) is 11.3 Å². The minimum absolute atomic E-state index is 0.0490. The fourth-order valence-electron chi connectivity index (χ4n) is 1.34. The Hall–Kier alpha value is -1.53. The summed E-state index contributed by atoms with van der Waals surface area (Å²) in [6.45, 7) is 1.61. The van der Waals surface area contributed by atoms with Gasteiger partial charge in [-0.1, -0.05) is 18.2 Å². The topological polar surface area (TPSA) is 53.2 Å². The van der Waals surface area contributed by atoms with E-state index in [0.717, 1.165) is 0 Å². The molecule has 0 aliphatic rings. The van der Waals surface area contributed by atoms with Gasteiger partial charge in [0.05, 0.1) is 19.6 Å². The van der Waals surface area contributed by atoms with Gasteiger partial charge in [0, 0.05) is 5.56 Å². The first-order valence-electron chi connectivity index (χ1n) is 4.34. The summed E-state index contributed by atoms with van der Waals surface area (Å²) in [5.74, 6) is 0.604. The fraction of sp³-hybridized carbons (Fsp3) is 0.364. The largest absolute Gasteiger partial charge is 0.496 e. The van der Waals surface area contributed by atoms with Crippen LogP contribution >= 0.6 is 0 Å². The Morgan fingerprint density at radius 3 is 2.71 bits per heavy atom. The number of nitriles is 1. The Morgan fingerprint density at radius 1 is 1.50 bits per heavy atom. The van der Waals surface area contributed by atoms with Crippen molar-refractivity contribution in [3.63, 3.8) is 0 Å². The summed E-state index contributed by atoms with van der Waals surface area (Å²) in [5, 5.41) is 18.6. The molecule has 0 aliphatic heterocycles. The zero-order chi connectivity index (χ0) is 10.6. The molecular formula is C11H13NO2. The lowest BCUT2D eigenvalue weighted by Crippen LogP contribution is -2.21. The van der Waals surface area contributed by atoms with Crippen molar-refractivity contribution >= 4 is 0 Å². The van der Waals surface area contributed by atoms with Gasteiger partial charge in [0.25, 0.3) is 0 Å². The average molecular weight is 191 g/mol. The highest BCUT2D eigenvalue weighted by Gasteiger charge is 2.25. The Labute approximate surface area is 83.6 Å². The molecule has 14 heavy (non-hydrogen) atoms. The number of ether oxygens (including phenoxy) is 1. The van der Waals surface area contributed by atoms with E-state index in [9.17, 15) is 5.11 Å². The molecule has 0 bridgehead atoms. The molecule has 1 unspecified atom stereocenters. The van der Waals surface area contributed by atoms with E-state index in [4.69, 9.17) is 10.00 Å². The Bertz CT molecular complexity index is 353. The van der Waals surface area contributed by atoms with E-state index >= 15 is 0 Å². The molecule has 1 aromatic carbocycles. The van der Waals surface area contributed by atoms with Crippen LogP contribution in [-0.4, -0.2) is 12.2 Å². The predicted molar refractivity (Wildman–Crippen MR) is 52.8 cm³/mol. The highest BCUT2D eigenvalue weighted by atomic mass is 16.5. The number of para-hydroxylation sites is 1. The maximum Gasteiger partial charge on any atom is 0.124 e. The van der Waals surface area contributed by atoms with Crippen LogP contribution < -0.4 is 4.74 Å². The van der Waals surface area contributed by atoms with Crippen molar-refractivity contribution in [3.05, 3.63) is 29.8 Å². The van der Waals surface area contributed by atoms with Crippen molar-refractivity contribution in [3.8, 4) is 11.8 Å². The van der Waals surface area contributed by atoms with Crippen LogP contribution in [0.2, 0.25) is 0 Å². The maximum atomic E-state index is 10.00. The highest BCUT2D eigenvalue weighted by Crippen LogP contribution is 2.31. The van der Waals surface area contributed by atoms with Crippen LogP contribution in [0.5, 0.6) is 5.75 Å². The summed E-state index contributed by atoms with van der Waals surface area (Å²) in [4.78, 5) is 0. The number of hydrogen-bond acceptors (Lipinski definition) is 3. The molecule has 0 fully saturated rings. The molecular weight excluding hydrogens is 178 g/mol. The molecule has 0 radical (unpaired) electrons. The Kier molecular flexibility index (Phi) is 3.10. The summed E-state index contributed by atoms with van der Waals surface area (Å²) < 4.78 is 5.11. The molecule has 0 heterocycles. The van der Waals surface area contributed by atoms with E-state index in [1.807, 2.05) is 18.2 Å². The van der Waals surface area contributed by atoms with E-state index < -0.39 is 5.60 Å². The van der Waals surface area contributed by atoms with Gasteiger partial charge in [-0.2, -0.15) is 5.26 Å². The Balaban J connectivity index is 3.11. The molecule has 0 spiro atoms. The first kappa shape index (κ1) is 10.6. The van der Waals surface area contributed by atoms with Crippen molar-refractivity contribution in [2.24, 2.45) is 0 Å². The number of aliphatic hydroxyl groups is 1. The first-order chi connectivity index (χ1) is 6.61. The van der Waals surface area contributed by atoms with Crippen LogP contribution in [0.25, 0.3) is 0 Å². The highest BCUT2D eigenvalue weighted by molar-refractivity contribution is 5.37. The lowest BCUT2D eigenvalue weighted by molar-refractivity contribution is 0.0597.